The summed E-state index contributed by atoms with van der Waals surface area (Å²) in [5.74, 6) is -0.702. The molecule has 14 heteroatoms. The number of amides is 1. The number of unbranched alkanes of at least 4 members (excludes halogenated alkanes) is 1. The van der Waals surface area contributed by atoms with Crippen LogP contribution in [0.2, 0.25) is 0 Å². The number of aliphatic hydroxyl groups excluding tert-OH is 1. The third-order valence-corrected chi connectivity index (χ3v) is 9.55. The Balaban J connectivity index is 1.28. The standard InChI is InChI=1S/C35H52N7O6P/c1-4-5-6-7-8-9-10-11-12-13-14-15-16-17-18-19-20-21-31(44)37-22-23-39-49(46,47-3)48-25-28-27(2)29(24-30(28)43)42-26-38-32-33(42)40-35(36)41-34(32)45/h5-6,8-9,11-12,14-15,17-18,26,28-30,43H,2,4,7,10,13,16,19-25H2,1,3H3,(H,37,44)(H,39,46)(H3,36,40,41,45)/b6-5-,9-8-,12-11-,15-14-,18-17-/t28-,29-,30-,49?/m0/s1. The highest BCUT2D eigenvalue weighted by molar-refractivity contribution is 7.51. The molecule has 268 valence electrons. The molecule has 2 aromatic rings. The first-order valence-electron chi connectivity index (χ1n) is 16.8. The number of aromatic nitrogens is 4. The van der Waals surface area contributed by atoms with Gasteiger partial charge in [0.05, 0.1) is 25.1 Å². The molecule has 49 heavy (non-hydrogen) atoms. The van der Waals surface area contributed by atoms with E-state index in [1.54, 1.807) is 4.57 Å². The van der Waals surface area contributed by atoms with E-state index in [4.69, 9.17) is 14.8 Å². The van der Waals surface area contributed by atoms with E-state index < -0.39 is 31.4 Å². The Kier molecular flexibility index (Phi) is 17.2. The van der Waals surface area contributed by atoms with E-state index >= 15 is 0 Å². The zero-order valence-electron chi connectivity index (χ0n) is 28.6. The van der Waals surface area contributed by atoms with Crippen molar-refractivity contribution in [2.24, 2.45) is 5.92 Å². The van der Waals surface area contributed by atoms with Gasteiger partial charge < -0.3 is 25.2 Å². The van der Waals surface area contributed by atoms with Gasteiger partial charge in [-0.1, -0.05) is 74.3 Å². The van der Waals surface area contributed by atoms with Crippen molar-refractivity contribution in [3.05, 3.63) is 89.6 Å². The molecule has 0 radical (unpaired) electrons. The number of hydrogen-bond acceptors (Lipinski definition) is 9. The summed E-state index contributed by atoms with van der Waals surface area (Å²) in [5, 5.41) is 16.3. The molecule has 6 N–H and O–H groups in total. The van der Waals surface area contributed by atoms with Crippen molar-refractivity contribution >= 4 is 30.8 Å². The molecule has 1 unspecified atom stereocenters. The quantitative estimate of drug-likeness (QED) is 0.0591. The predicted molar refractivity (Wildman–Crippen MR) is 195 cm³/mol. The highest BCUT2D eigenvalue weighted by Gasteiger charge is 2.40. The minimum atomic E-state index is -3.72. The molecule has 4 atom stereocenters. The van der Waals surface area contributed by atoms with Crippen LogP contribution >= 0.6 is 7.75 Å². The summed E-state index contributed by atoms with van der Waals surface area (Å²) in [4.78, 5) is 35.1. The number of H-pyrrole nitrogens is 1. The lowest BCUT2D eigenvalue weighted by Crippen LogP contribution is -2.31. The highest BCUT2D eigenvalue weighted by atomic mass is 31.2. The molecule has 1 fully saturated rings. The minimum absolute atomic E-state index is 0.0482. The molecule has 1 aliphatic rings. The van der Waals surface area contributed by atoms with Gasteiger partial charge >= 0.3 is 7.75 Å². The van der Waals surface area contributed by atoms with Crippen molar-refractivity contribution in [3.8, 4) is 0 Å². The molecule has 13 nitrogen and oxygen atoms in total. The zero-order chi connectivity index (χ0) is 35.5. The monoisotopic (exact) mass is 697 g/mol. The number of carbonyl (C=O) groups is 1. The van der Waals surface area contributed by atoms with Gasteiger partial charge in [-0.3, -0.25) is 19.1 Å². The van der Waals surface area contributed by atoms with Gasteiger partial charge in [-0.2, -0.15) is 4.98 Å². The number of nitrogens with one attached hydrogen (secondary N) is 3. The fraction of sp³-hybridized carbons (Fsp3) is 0.486. The van der Waals surface area contributed by atoms with E-state index in [1.807, 2.05) is 0 Å². The van der Waals surface area contributed by atoms with Crippen molar-refractivity contribution in [2.75, 3.05) is 32.5 Å². The molecule has 0 aliphatic heterocycles. The fourth-order valence-corrected chi connectivity index (χ4v) is 6.36. The van der Waals surface area contributed by atoms with Crippen molar-refractivity contribution in [2.45, 2.75) is 76.9 Å². The normalized spacial score (nSPS) is 19.9. The number of imidazole rings is 1. The van der Waals surface area contributed by atoms with Crippen LogP contribution in [0.1, 0.15) is 70.8 Å². The number of rotatable bonds is 22. The summed E-state index contributed by atoms with van der Waals surface area (Å²) in [6, 6.07) is -0.423. The van der Waals surface area contributed by atoms with Gasteiger partial charge in [-0.05, 0) is 56.9 Å². The van der Waals surface area contributed by atoms with Gasteiger partial charge in [-0.25, -0.2) is 14.6 Å². The van der Waals surface area contributed by atoms with Gasteiger partial charge in [0.2, 0.25) is 11.9 Å². The van der Waals surface area contributed by atoms with Crippen LogP contribution in [0.3, 0.4) is 0 Å². The average Bonchev–Trinajstić information content (AvgIpc) is 3.62. The third kappa shape index (κ3) is 13.2. The Bertz CT molecular complexity index is 1610. The van der Waals surface area contributed by atoms with Crippen molar-refractivity contribution in [1.82, 2.24) is 29.9 Å². The second-order valence-corrected chi connectivity index (χ2v) is 13.5. The number of nitrogen functional groups attached to an aromatic ring is 1. The van der Waals surface area contributed by atoms with Crippen LogP contribution in [0.15, 0.2) is 84.0 Å². The summed E-state index contributed by atoms with van der Waals surface area (Å²) in [5.41, 5.74) is 6.26. The molecular formula is C35H52N7O6P. The molecule has 1 amide bonds. The number of aromatic amines is 1. The lowest BCUT2D eigenvalue weighted by molar-refractivity contribution is -0.121. The first-order valence-corrected chi connectivity index (χ1v) is 18.4. The number of anilines is 1. The van der Waals surface area contributed by atoms with Gasteiger partial charge in [0.25, 0.3) is 5.56 Å². The number of carbonyl (C=O) groups excluding carboxylic acids is 1. The summed E-state index contributed by atoms with van der Waals surface area (Å²) in [7, 11) is -2.46. The Morgan fingerprint density at radius 3 is 2.37 bits per heavy atom. The van der Waals surface area contributed by atoms with Crippen LogP contribution in [-0.4, -0.2) is 63.4 Å². The number of allylic oxidation sites excluding steroid dienone is 10. The molecular weight excluding hydrogens is 645 g/mol. The molecule has 0 spiro atoms. The largest absolute Gasteiger partial charge is 0.405 e. The van der Waals surface area contributed by atoms with Crippen LogP contribution in [0.4, 0.5) is 5.95 Å². The molecule has 0 aromatic carbocycles. The average molecular weight is 698 g/mol. The third-order valence-electron chi connectivity index (χ3n) is 7.97. The van der Waals surface area contributed by atoms with E-state index in [0.29, 0.717) is 12.0 Å². The van der Waals surface area contributed by atoms with Gasteiger partial charge in [0.15, 0.2) is 11.2 Å². The Hall–Kier alpha value is -3.87. The maximum absolute atomic E-state index is 13.1. The maximum atomic E-state index is 13.1. The molecule has 0 bridgehead atoms. The van der Waals surface area contributed by atoms with Crippen LogP contribution in [0, 0.1) is 5.92 Å². The topological polar surface area (TPSA) is 186 Å². The Labute approximate surface area is 288 Å². The summed E-state index contributed by atoms with van der Waals surface area (Å²) < 4.78 is 25.5. The van der Waals surface area contributed by atoms with Crippen LogP contribution in [-0.2, 0) is 18.4 Å². The second kappa shape index (κ2) is 21.3. The van der Waals surface area contributed by atoms with Gasteiger partial charge in [-0.15, -0.1) is 0 Å². The lowest BCUT2D eigenvalue weighted by atomic mass is 10.0. The maximum Gasteiger partial charge on any atom is 0.405 e. The first-order chi connectivity index (χ1) is 23.7. The molecule has 1 aliphatic carbocycles. The van der Waals surface area contributed by atoms with Crippen molar-refractivity contribution < 1.29 is 23.5 Å². The minimum Gasteiger partial charge on any atom is -0.392 e. The van der Waals surface area contributed by atoms with Crippen LogP contribution in [0.25, 0.3) is 11.2 Å². The van der Waals surface area contributed by atoms with E-state index in [-0.39, 0.29) is 49.1 Å². The summed E-state index contributed by atoms with van der Waals surface area (Å²) >= 11 is 0. The fourth-order valence-electron chi connectivity index (χ4n) is 5.29. The number of nitrogens with two attached hydrogens (primary N) is 1. The predicted octanol–water partition coefficient (Wildman–Crippen LogP) is 5.58. The molecule has 1 saturated carbocycles. The van der Waals surface area contributed by atoms with Gasteiger partial charge in [0, 0.05) is 32.5 Å². The molecule has 2 heterocycles. The summed E-state index contributed by atoms with van der Waals surface area (Å²) in [6.07, 6.45) is 29.2. The number of nitrogens with zero attached hydrogens (tertiary/aromatic N) is 3. The van der Waals surface area contributed by atoms with E-state index in [1.165, 1.54) is 13.4 Å². The SMILES string of the molecule is C=C1[C@H](COP(=O)(NCCNC(=O)CCC/C=C\C/C=C\C/C=C\C/C=C\C/C=C\CC)OC)[C@@H](O)C[C@@H]1n1cnc2c(=O)[nH]c(N)nc21. The number of hydrogen-bond donors (Lipinski definition) is 5. The lowest BCUT2D eigenvalue weighted by Gasteiger charge is -2.22. The zero-order valence-corrected chi connectivity index (χ0v) is 29.5. The van der Waals surface area contributed by atoms with E-state index in [9.17, 15) is 19.3 Å². The second-order valence-electron chi connectivity index (χ2n) is 11.6. The molecule has 3 rings (SSSR count). The first kappa shape index (κ1) is 39.6. The van der Waals surface area contributed by atoms with Crippen LogP contribution in [0.5, 0.6) is 0 Å². The number of aliphatic hydroxyl groups is 1. The van der Waals surface area contributed by atoms with Crippen molar-refractivity contribution in [1.29, 1.82) is 0 Å². The smallest absolute Gasteiger partial charge is 0.392 e. The molecule has 2 aromatic heterocycles. The van der Waals surface area contributed by atoms with Crippen molar-refractivity contribution in [3.63, 3.8) is 0 Å². The van der Waals surface area contributed by atoms with E-state index in [0.717, 1.165) is 44.9 Å². The Morgan fingerprint density at radius 1 is 1.10 bits per heavy atom. The highest BCUT2D eigenvalue weighted by Crippen LogP contribution is 2.46. The summed E-state index contributed by atoms with van der Waals surface area (Å²) in [6.45, 7) is 6.53. The number of fused-ring (bicyclic) bond motifs is 1. The van der Waals surface area contributed by atoms with Gasteiger partial charge in [0.1, 0.15) is 0 Å². The van der Waals surface area contributed by atoms with E-state index in [2.05, 4.69) is 99.6 Å². The molecule has 0 saturated heterocycles. The van der Waals surface area contributed by atoms with Crippen LogP contribution < -0.4 is 21.7 Å². The Morgan fingerprint density at radius 2 is 1.73 bits per heavy atom.